The Kier molecular flexibility index (Phi) is 5.89. The third-order valence-electron chi connectivity index (χ3n) is 4.09. The van der Waals surface area contributed by atoms with Crippen LogP contribution >= 0.6 is 0 Å². The fourth-order valence-electron chi connectivity index (χ4n) is 2.62. The number of phenols is 1. The number of amides is 2. The maximum absolute atomic E-state index is 13.8. The first kappa shape index (κ1) is 19.6. The SMILES string of the molecule is C=C(NNC(=O)c1ccccc1NC(=O)c1ccccc1F)c1ccccc1O. The molecule has 0 aromatic heterocycles. The molecule has 6 nitrogen and oxygen atoms in total. The van der Waals surface area contributed by atoms with Crippen LogP contribution in [-0.2, 0) is 0 Å². The number of benzene rings is 3. The summed E-state index contributed by atoms with van der Waals surface area (Å²) in [6.45, 7) is 3.77. The smallest absolute Gasteiger partial charge is 0.271 e. The van der Waals surface area contributed by atoms with Gasteiger partial charge in [0.15, 0.2) is 0 Å². The second-order valence-corrected chi connectivity index (χ2v) is 6.05. The Bertz CT molecular complexity index is 1080. The van der Waals surface area contributed by atoms with E-state index in [0.717, 1.165) is 0 Å². The normalized spacial score (nSPS) is 10.1. The quantitative estimate of drug-likeness (QED) is 0.483. The molecule has 0 atom stereocenters. The fourth-order valence-corrected chi connectivity index (χ4v) is 2.62. The van der Waals surface area contributed by atoms with Gasteiger partial charge in [-0.3, -0.25) is 20.4 Å². The van der Waals surface area contributed by atoms with Gasteiger partial charge in [0.25, 0.3) is 11.8 Å². The van der Waals surface area contributed by atoms with Gasteiger partial charge in [0.05, 0.1) is 22.5 Å². The van der Waals surface area contributed by atoms with Crippen LogP contribution in [0.1, 0.15) is 26.3 Å². The maximum Gasteiger partial charge on any atom is 0.271 e. The van der Waals surface area contributed by atoms with Crippen LogP contribution in [0.15, 0.2) is 79.4 Å². The van der Waals surface area contributed by atoms with Crippen molar-refractivity contribution in [2.24, 2.45) is 0 Å². The van der Waals surface area contributed by atoms with Crippen molar-refractivity contribution in [1.29, 1.82) is 0 Å². The van der Waals surface area contributed by atoms with E-state index in [4.69, 9.17) is 0 Å². The van der Waals surface area contributed by atoms with Crippen LogP contribution in [0.2, 0.25) is 0 Å². The molecule has 0 saturated heterocycles. The van der Waals surface area contributed by atoms with Gasteiger partial charge in [-0.15, -0.1) is 0 Å². The first-order chi connectivity index (χ1) is 14.0. The lowest BCUT2D eigenvalue weighted by Crippen LogP contribution is -2.36. The molecular formula is C22H18FN3O3. The lowest BCUT2D eigenvalue weighted by molar-refractivity contribution is 0.0943. The maximum atomic E-state index is 13.8. The number of anilines is 1. The van der Waals surface area contributed by atoms with E-state index < -0.39 is 17.6 Å². The summed E-state index contributed by atoms with van der Waals surface area (Å²) in [5, 5.41) is 12.4. The number of halogens is 1. The van der Waals surface area contributed by atoms with Crippen molar-refractivity contribution in [2.75, 3.05) is 5.32 Å². The molecule has 0 radical (unpaired) electrons. The average Bonchev–Trinajstić information content (AvgIpc) is 2.72. The molecule has 3 aromatic rings. The van der Waals surface area contributed by atoms with Gasteiger partial charge in [0.2, 0.25) is 0 Å². The number of phenolic OH excluding ortho intramolecular Hbond substituents is 1. The van der Waals surface area contributed by atoms with Gasteiger partial charge in [-0.1, -0.05) is 43.0 Å². The van der Waals surface area contributed by atoms with E-state index in [1.807, 2.05) is 0 Å². The second kappa shape index (κ2) is 8.71. The average molecular weight is 391 g/mol. The summed E-state index contributed by atoms with van der Waals surface area (Å²) in [6.07, 6.45) is 0. The number of aromatic hydroxyl groups is 1. The number of rotatable bonds is 6. The molecule has 0 saturated carbocycles. The number of hydrazine groups is 1. The van der Waals surface area contributed by atoms with Crippen LogP contribution in [0.4, 0.5) is 10.1 Å². The minimum atomic E-state index is -0.671. The number of para-hydroxylation sites is 2. The Labute approximate surface area is 166 Å². The van der Waals surface area contributed by atoms with Crippen molar-refractivity contribution in [3.63, 3.8) is 0 Å². The zero-order chi connectivity index (χ0) is 20.8. The minimum Gasteiger partial charge on any atom is -0.507 e. The van der Waals surface area contributed by atoms with E-state index in [1.54, 1.807) is 36.4 Å². The first-order valence-electron chi connectivity index (χ1n) is 8.66. The zero-order valence-electron chi connectivity index (χ0n) is 15.3. The summed E-state index contributed by atoms with van der Waals surface area (Å²) >= 11 is 0. The molecule has 0 aliphatic carbocycles. The molecule has 29 heavy (non-hydrogen) atoms. The number of carbonyl (C=O) groups excluding carboxylic acids is 2. The summed E-state index contributed by atoms with van der Waals surface area (Å²) in [4.78, 5) is 24.9. The molecule has 0 unspecified atom stereocenters. The van der Waals surface area contributed by atoms with E-state index in [9.17, 15) is 19.1 Å². The molecule has 146 valence electrons. The van der Waals surface area contributed by atoms with Gasteiger partial charge in [0, 0.05) is 5.56 Å². The molecule has 0 aliphatic heterocycles. The van der Waals surface area contributed by atoms with Crippen molar-refractivity contribution >= 4 is 23.2 Å². The standard InChI is InChI=1S/C22H18FN3O3/c1-14(15-8-4-7-13-20(15)27)25-26-22(29)17-10-3-6-12-19(17)24-21(28)16-9-2-5-11-18(16)23/h2-13,25,27H,1H2,(H,24,28)(H,26,29). The van der Waals surface area contributed by atoms with Crippen LogP contribution in [0, 0.1) is 5.82 Å². The van der Waals surface area contributed by atoms with Gasteiger partial charge in [-0.25, -0.2) is 4.39 Å². The summed E-state index contributed by atoms with van der Waals surface area (Å²) in [5.74, 6) is -1.87. The largest absolute Gasteiger partial charge is 0.507 e. The van der Waals surface area contributed by atoms with Crippen molar-refractivity contribution in [1.82, 2.24) is 10.9 Å². The molecule has 3 aromatic carbocycles. The van der Waals surface area contributed by atoms with Crippen LogP contribution in [0.5, 0.6) is 5.75 Å². The Morgan fingerprint density at radius 3 is 2.03 bits per heavy atom. The second-order valence-electron chi connectivity index (χ2n) is 6.05. The fraction of sp³-hybridized carbons (Fsp3) is 0. The molecule has 2 amide bonds. The van der Waals surface area contributed by atoms with Gasteiger partial charge < -0.3 is 10.4 Å². The van der Waals surface area contributed by atoms with Crippen LogP contribution < -0.4 is 16.2 Å². The first-order valence-corrected chi connectivity index (χ1v) is 8.66. The number of nitrogens with one attached hydrogen (secondary N) is 3. The molecule has 3 rings (SSSR count). The lowest BCUT2D eigenvalue weighted by atomic mass is 10.1. The topological polar surface area (TPSA) is 90.5 Å². The minimum absolute atomic E-state index is 0.0109. The van der Waals surface area contributed by atoms with Crippen molar-refractivity contribution in [2.45, 2.75) is 0 Å². The Balaban J connectivity index is 1.72. The van der Waals surface area contributed by atoms with Gasteiger partial charge in [-0.2, -0.15) is 0 Å². The molecule has 0 fully saturated rings. The van der Waals surface area contributed by atoms with Crippen molar-refractivity contribution in [3.05, 3.63) is 102 Å². The third-order valence-corrected chi connectivity index (χ3v) is 4.09. The van der Waals surface area contributed by atoms with Crippen LogP contribution in [0.3, 0.4) is 0 Å². The van der Waals surface area contributed by atoms with Crippen molar-refractivity contribution in [3.8, 4) is 5.75 Å². The number of hydrogen-bond donors (Lipinski definition) is 4. The lowest BCUT2D eigenvalue weighted by Gasteiger charge is -2.14. The van der Waals surface area contributed by atoms with E-state index in [-0.39, 0.29) is 28.3 Å². The summed E-state index contributed by atoms with van der Waals surface area (Å²) in [6, 6.07) is 18.4. The molecule has 7 heteroatoms. The van der Waals surface area contributed by atoms with Gasteiger partial charge in [-0.05, 0) is 36.4 Å². The van der Waals surface area contributed by atoms with Crippen molar-refractivity contribution < 1.29 is 19.1 Å². The predicted octanol–water partition coefficient (Wildman–Crippen LogP) is 3.69. The van der Waals surface area contributed by atoms with Crippen LogP contribution in [0.25, 0.3) is 5.70 Å². The Morgan fingerprint density at radius 2 is 1.34 bits per heavy atom. The Morgan fingerprint density at radius 1 is 0.759 bits per heavy atom. The highest BCUT2D eigenvalue weighted by atomic mass is 19.1. The molecule has 0 aliphatic rings. The van der Waals surface area contributed by atoms with E-state index in [0.29, 0.717) is 5.56 Å². The summed E-state index contributed by atoms with van der Waals surface area (Å²) in [5.41, 5.74) is 6.05. The van der Waals surface area contributed by atoms with E-state index >= 15 is 0 Å². The molecule has 4 N–H and O–H groups in total. The van der Waals surface area contributed by atoms with Gasteiger partial charge in [0.1, 0.15) is 11.6 Å². The number of carbonyl (C=O) groups is 2. The molecule has 0 bridgehead atoms. The molecule has 0 spiro atoms. The van der Waals surface area contributed by atoms with E-state index in [2.05, 4.69) is 22.7 Å². The van der Waals surface area contributed by atoms with Crippen LogP contribution in [-0.4, -0.2) is 16.9 Å². The third kappa shape index (κ3) is 4.59. The number of hydrogen-bond acceptors (Lipinski definition) is 4. The highest BCUT2D eigenvalue weighted by Crippen LogP contribution is 2.21. The van der Waals surface area contributed by atoms with E-state index in [1.165, 1.54) is 36.4 Å². The molecule has 0 heterocycles. The monoisotopic (exact) mass is 391 g/mol. The highest BCUT2D eigenvalue weighted by molar-refractivity contribution is 6.09. The molecular weight excluding hydrogens is 373 g/mol. The summed E-state index contributed by atoms with van der Waals surface area (Å²) in [7, 11) is 0. The predicted molar refractivity (Wildman–Crippen MR) is 109 cm³/mol. The van der Waals surface area contributed by atoms with Gasteiger partial charge >= 0.3 is 0 Å². The summed E-state index contributed by atoms with van der Waals surface area (Å²) < 4.78 is 13.8. The Hall–Kier alpha value is -4.13. The highest BCUT2D eigenvalue weighted by Gasteiger charge is 2.16. The zero-order valence-corrected chi connectivity index (χ0v) is 15.3.